The van der Waals surface area contributed by atoms with E-state index in [9.17, 15) is 14.4 Å². The van der Waals surface area contributed by atoms with Gasteiger partial charge in [0.2, 0.25) is 0 Å². The van der Waals surface area contributed by atoms with Gasteiger partial charge in [0.1, 0.15) is 13.2 Å². The number of hydrogen-bond acceptors (Lipinski definition) is 6. The summed E-state index contributed by atoms with van der Waals surface area (Å²) in [6.07, 6.45) is 75.8. The van der Waals surface area contributed by atoms with Crippen molar-refractivity contribution in [2.75, 3.05) is 13.2 Å². The summed E-state index contributed by atoms with van der Waals surface area (Å²) in [5.74, 6) is -0.952. The van der Waals surface area contributed by atoms with Gasteiger partial charge < -0.3 is 14.2 Å². The first-order chi connectivity index (χ1) is 34.5. The monoisotopic (exact) mass is 975 g/mol. The molecule has 0 aromatic heterocycles. The molecule has 0 rings (SSSR count). The van der Waals surface area contributed by atoms with Gasteiger partial charge in [-0.05, 0) is 89.9 Å². The number of unbranched alkanes of at least 4 members (excludes halogenated alkanes) is 28. The van der Waals surface area contributed by atoms with Crippen LogP contribution in [0.4, 0.5) is 0 Å². The number of allylic oxidation sites excluding steroid dienone is 14. The average molecular weight is 976 g/mol. The lowest BCUT2D eigenvalue weighted by Crippen LogP contribution is -2.30. The molecule has 0 aliphatic carbocycles. The molecule has 0 aliphatic rings. The van der Waals surface area contributed by atoms with Gasteiger partial charge >= 0.3 is 17.9 Å². The molecule has 6 heteroatoms. The van der Waals surface area contributed by atoms with E-state index in [1.807, 2.05) is 0 Å². The third-order valence-electron chi connectivity index (χ3n) is 12.6. The molecule has 70 heavy (non-hydrogen) atoms. The van der Waals surface area contributed by atoms with Crippen molar-refractivity contribution in [1.29, 1.82) is 0 Å². The van der Waals surface area contributed by atoms with Crippen molar-refractivity contribution < 1.29 is 28.6 Å². The summed E-state index contributed by atoms with van der Waals surface area (Å²) in [5, 5.41) is 0. The van der Waals surface area contributed by atoms with Crippen LogP contribution in [0.5, 0.6) is 0 Å². The highest BCUT2D eigenvalue weighted by atomic mass is 16.6. The average Bonchev–Trinajstić information content (AvgIpc) is 3.36. The number of carbonyl (C=O) groups excluding carboxylic acids is 3. The molecule has 0 saturated carbocycles. The quantitative estimate of drug-likeness (QED) is 0.0261. The fraction of sp³-hybridized carbons (Fsp3) is 0.734. The Hall–Kier alpha value is -3.41. The van der Waals surface area contributed by atoms with Gasteiger partial charge in [0.15, 0.2) is 6.10 Å². The SMILES string of the molecule is CC/C=C\C/C=C\C/C=C\C/C=C\C/C=C\CCCC(=O)OC(COC(=O)CCCCCCCCCCC/C=C\C/C=C\CCCCC)COC(=O)CCCCCCCCCCCCCCCCCC. The number of carbonyl (C=O) groups is 3. The standard InChI is InChI=1S/C64H110O6/c1-4-7-10-13-16-19-22-25-28-31-32-34-36-39-42-45-48-51-54-57-63(66)69-60-61(59-68-62(65)56-53-50-47-44-41-38-35-30-27-24-21-18-15-12-9-6-3)70-64(67)58-55-52-49-46-43-40-37-33-29-26-23-20-17-14-11-8-5-2/h8,11,16-17,19-20,25-26,28-29,37,40,46,49,61H,4-7,9-10,12-15,18,21-24,27,30-36,38-39,41-45,47-48,50-60H2,1-3H3/b11-8-,19-16-,20-17-,28-25-,29-26-,40-37-,49-46-. The van der Waals surface area contributed by atoms with Crippen LogP contribution >= 0.6 is 0 Å². The highest BCUT2D eigenvalue weighted by molar-refractivity contribution is 5.71. The van der Waals surface area contributed by atoms with Crippen molar-refractivity contribution in [3.63, 3.8) is 0 Å². The van der Waals surface area contributed by atoms with Crippen LogP contribution in [0.25, 0.3) is 0 Å². The highest BCUT2D eigenvalue weighted by Gasteiger charge is 2.19. The Kier molecular flexibility index (Phi) is 55.3. The van der Waals surface area contributed by atoms with Gasteiger partial charge in [-0.25, -0.2) is 0 Å². The predicted molar refractivity (Wildman–Crippen MR) is 302 cm³/mol. The fourth-order valence-corrected chi connectivity index (χ4v) is 8.22. The van der Waals surface area contributed by atoms with Crippen LogP contribution in [0.15, 0.2) is 85.1 Å². The molecule has 0 amide bonds. The maximum atomic E-state index is 12.8. The zero-order chi connectivity index (χ0) is 50.7. The lowest BCUT2D eigenvalue weighted by Gasteiger charge is -2.18. The smallest absolute Gasteiger partial charge is 0.306 e. The molecular formula is C64H110O6. The summed E-state index contributed by atoms with van der Waals surface area (Å²) < 4.78 is 16.8. The largest absolute Gasteiger partial charge is 0.462 e. The number of rotatable bonds is 53. The number of esters is 3. The zero-order valence-corrected chi connectivity index (χ0v) is 46.0. The molecule has 0 aromatic rings. The van der Waals surface area contributed by atoms with E-state index in [-0.39, 0.29) is 37.5 Å². The molecule has 6 nitrogen and oxygen atoms in total. The summed E-state index contributed by atoms with van der Waals surface area (Å²) in [4.78, 5) is 38.2. The Morgan fingerprint density at radius 1 is 0.300 bits per heavy atom. The van der Waals surface area contributed by atoms with E-state index in [0.29, 0.717) is 19.3 Å². The number of ether oxygens (including phenoxy) is 3. The molecule has 0 aliphatic heterocycles. The zero-order valence-electron chi connectivity index (χ0n) is 46.0. The van der Waals surface area contributed by atoms with Gasteiger partial charge in [-0.15, -0.1) is 0 Å². The van der Waals surface area contributed by atoms with E-state index in [0.717, 1.165) is 83.5 Å². The van der Waals surface area contributed by atoms with Crippen molar-refractivity contribution in [3.8, 4) is 0 Å². The summed E-state index contributed by atoms with van der Waals surface area (Å²) in [6, 6.07) is 0. The highest BCUT2D eigenvalue weighted by Crippen LogP contribution is 2.16. The Bertz CT molecular complexity index is 1350. The Morgan fingerprint density at radius 2 is 0.571 bits per heavy atom. The molecule has 0 aromatic carbocycles. The lowest BCUT2D eigenvalue weighted by atomic mass is 10.0. The Morgan fingerprint density at radius 3 is 0.943 bits per heavy atom. The fourth-order valence-electron chi connectivity index (χ4n) is 8.22. The van der Waals surface area contributed by atoms with Crippen LogP contribution in [0.3, 0.4) is 0 Å². The minimum atomic E-state index is -0.807. The van der Waals surface area contributed by atoms with E-state index in [1.165, 1.54) is 154 Å². The van der Waals surface area contributed by atoms with Crippen LogP contribution in [-0.4, -0.2) is 37.2 Å². The van der Waals surface area contributed by atoms with Gasteiger partial charge in [0, 0.05) is 19.3 Å². The van der Waals surface area contributed by atoms with Crippen molar-refractivity contribution in [2.45, 2.75) is 290 Å². The molecule has 1 unspecified atom stereocenters. The maximum Gasteiger partial charge on any atom is 0.306 e. The van der Waals surface area contributed by atoms with Gasteiger partial charge in [-0.2, -0.15) is 0 Å². The molecule has 0 fully saturated rings. The molecule has 1 atom stereocenters. The van der Waals surface area contributed by atoms with E-state index in [1.54, 1.807) is 0 Å². The van der Waals surface area contributed by atoms with E-state index < -0.39 is 6.10 Å². The van der Waals surface area contributed by atoms with Crippen molar-refractivity contribution in [3.05, 3.63) is 85.1 Å². The Labute approximate surface area is 433 Å². The maximum absolute atomic E-state index is 12.8. The first-order valence-electron chi connectivity index (χ1n) is 29.6. The minimum absolute atomic E-state index is 0.0982. The molecule has 0 radical (unpaired) electrons. The topological polar surface area (TPSA) is 78.9 Å². The normalized spacial score (nSPS) is 12.7. The summed E-state index contributed by atoms with van der Waals surface area (Å²) >= 11 is 0. The van der Waals surface area contributed by atoms with Gasteiger partial charge in [0.25, 0.3) is 0 Å². The van der Waals surface area contributed by atoms with Crippen molar-refractivity contribution >= 4 is 17.9 Å². The molecule has 0 heterocycles. The second kappa shape index (κ2) is 58.2. The van der Waals surface area contributed by atoms with Crippen LogP contribution in [0, 0.1) is 0 Å². The van der Waals surface area contributed by atoms with E-state index >= 15 is 0 Å². The third-order valence-corrected chi connectivity index (χ3v) is 12.6. The predicted octanol–water partition coefficient (Wildman–Crippen LogP) is 19.9. The molecule has 0 bridgehead atoms. The second-order valence-corrected chi connectivity index (χ2v) is 19.5. The molecule has 0 saturated heterocycles. The third kappa shape index (κ3) is 55.5. The van der Waals surface area contributed by atoms with Crippen LogP contribution in [-0.2, 0) is 28.6 Å². The first kappa shape index (κ1) is 66.6. The molecular weight excluding hydrogens is 865 g/mol. The van der Waals surface area contributed by atoms with Crippen LogP contribution in [0.2, 0.25) is 0 Å². The van der Waals surface area contributed by atoms with Crippen LogP contribution < -0.4 is 0 Å². The van der Waals surface area contributed by atoms with E-state index in [2.05, 4.69) is 106 Å². The van der Waals surface area contributed by atoms with Gasteiger partial charge in [0.05, 0.1) is 0 Å². The summed E-state index contributed by atoms with van der Waals surface area (Å²) in [7, 11) is 0. The lowest BCUT2D eigenvalue weighted by molar-refractivity contribution is -0.167. The van der Waals surface area contributed by atoms with Crippen LogP contribution in [0.1, 0.15) is 284 Å². The second-order valence-electron chi connectivity index (χ2n) is 19.5. The molecule has 402 valence electrons. The van der Waals surface area contributed by atoms with Gasteiger partial charge in [-0.3, -0.25) is 14.4 Å². The summed E-state index contributed by atoms with van der Waals surface area (Å²) in [6.45, 7) is 6.48. The molecule has 0 N–H and O–H groups in total. The van der Waals surface area contributed by atoms with Gasteiger partial charge in [-0.1, -0.05) is 260 Å². The van der Waals surface area contributed by atoms with E-state index in [4.69, 9.17) is 14.2 Å². The Balaban J connectivity index is 4.45. The first-order valence-corrected chi connectivity index (χ1v) is 29.6. The number of hydrogen-bond donors (Lipinski definition) is 0. The van der Waals surface area contributed by atoms with Crippen molar-refractivity contribution in [1.82, 2.24) is 0 Å². The molecule has 0 spiro atoms. The minimum Gasteiger partial charge on any atom is -0.462 e. The summed E-state index contributed by atoms with van der Waals surface area (Å²) in [5.41, 5.74) is 0. The van der Waals surface area contributed by atoms with Crippen molar-refractivity contribution in [2.24, 2.45) is 0 Å².